The number of hydrogen-bond acceptors (Lipinski definition) is 2. The van der Waals surface area contributed by atoms with E-state index >= 15 is 0 Å². The van der Waals surface area contributed by atoms with Gasteiger partial charge in [0.25, 0.3) is 0 Å². The molecule has 0 spiro atoms. The Morgan fingerprint density at radius 2 is 1.72 bits per heavy atom. The molecule has 94 valence electrons. The lowest BCUT2D eigenvalue weighted by Crippen LogP contribution is -2.07. The Labute approximate surface area is 106 Å². The van der Waals surface area contributed by atoms with Gasteiger partial charge in [-0.15, -0.1) is 0 Å². The van der Waals surface area contributed by atoms with E-state index < -0.39 is 0 Å². The highest BCUT2D eigenvalue weighted by atomic mass is 16.1. The van der Waals surface area contributed by atoms with Gasteiger partial charge in [0.15, 0.2) is 5.78 Å². The Balaban J connectivity index is 0.000000771. The van der Waals surface area contributed by atoms with Crippen LogP contribution in [0.2, 0.25) is 0 Å². The van der Waals surface area contributed by atoms with Crippen molar-refractivity contribution in [3.05, 3.63) is 70.1 Å². The quantitative estimate of drug-likeness (QED) is 0.843. The van der Waals surface area contributed by atoms with Crippen LogP contribution in [0.25, 0.3) is 0 Å². The number of pyridine rings is 1. The maximum atomic E-state index is 11.8. The molecule has 0 aliphatic heterocycles. The first-order chi connectivity index (χ1) is 8.75. The van der Waals surface area contributed by atoms with Crippen LogP contribution in [0.1, 0.15) is 29.8 Å². The van der Waals surface area contributed by atoms with Crippen molar-refractivity contribution in [1.29, 1.82) is 0 Å². The Kier molecular flexibility index (Phi) is 5.58. The summed E-state index contributed by atoms with van der Waals surface area (Å²) in [6.07, 6.45) is 1.88. The van der Waals surface area contributed by atoms with Gasteiger partial charge in [0.05, 0.1) is 0 Å². The number of carbonyl (C=O) groups is 1. The summed E-state index contributed by atoms with van der Waals surface area (Å²) in [5.41, 5.74) is 1.35. The Hall–Kier alpha value is -2.16. The average molecular weight is 243 g/mol. The van der Waals surface area contributed by atoms with Crippen molar-refractivity contribution in [1.82, 2.24) is 4.98 Å². The molecule has 1 aromatic carbocycles. The molecule has 0 bridgehead atoms. The van der Waals surface area contributed by atoms with Crippen LogP contribution in [-0.2, 0) is 6.42 Å². The van der Waals surface area contributed by atoms with Crippen LogP contribution in [-0.4, -0.2) is 10.8 Å². The molecule has 0 aliphatic carbocycles. The largest absolute Gasteiger partial charge is 0.329 e. The normalized spacial score (nSPS) is 9.22. The lowest BCUT2D eigenvalue weighted by atomic mass is 10.0. The van der Waals surface area contributed by atoms with Crippen molar-refractivity contribution in [3.8, 4) is 0 Å². The second-order valence-corrected chi connectivity index (χ2v) is 3.53. The van der Waals surface area contributed by atoms with Crippen LogP contribution in [0.5, 0.6) is 0 Å². The second kappa shape index (κ2) is 7.22. The van der Waals surface area contributed by atoms with Gasteiger partial charge in [-0.05, 0) is 5.56 Å². The highest BCUT2D eigenvalue weighted by Crippen LogP contribution is 2.05. The van der Waals surface area contributed by atoms with Gasteiger partial charge in [-0.2, -0.15) is 0 Å². The van der Waals surface area contributed by atoms with E-state index in [2.05, 4.69) is 4.98 Å². The van der Waals surface area contributed by atoms with Crippen LogP contribution in [0.4, 0.5) is 0 Å². The number of hydrogen-bond donors (Lipinski definition) is 1. The maximum Gasteiger partial charge on any atom is 0.247 e. The van der Waals surface area contributed by atoms with Gasteiger partial charge in [0, 0.05) is 24.2 Å². The van der Waals surface area contributed by atoms with E-state index in [1.54, 1.807) is 24.4 Å². The minimum atomic E-state index is -0.157. The molecular formula is C15H17NO2. The first-order valence-electron chi connectivity index (χ1n) is 6.01. The van der Waals surface area contributed by atoms with E-state index in [9.17, 15) is 9.59 Å². The molecule has 3 heteroatoms. The zero-order valence-corrected chi connectivity index (χ0v) is 10.6. The molecule has 1 heterocycles. The molecule has 3 nitrogen and oxygen atoms in total. The van der Waals surface area contributed by atoms with Crippen LogP contribution >= 0.6 is 0 Å². The van der Waals surface area contributed by atoms with E-state index in [1.165, 1.54) is 6.07 Å². The number of nitrogens with one attached hydrogen (secondary N) is 1. The fraction of sp³-hybridized carbons (Fsp3) is 0.200. The van der Waals surface area contributed by atoms with E-state index in [0.717, 1.165) is 5.56 Å². The van der Waals surface area contributed by atoms with Crippen molar-refractivity contribution in [3.63, 3.8) is 0 Å². The fourth-order valence-electron chi connectivity index (χ4n) is 1.46. The van der Waals surface area contributed by atoms with Crippen LogP contribution in [0.3, 0.4) is 0 Å². The number of ketones is 1. The molecule has 2 rings (SSSR count). The standard InChI is InChI=1S/C13H11NO2.C2H6/c15-12(11-4-2-1-3-5-11)8-10-6-7-13(16)14-9-10;1-2/h1-7,9H,8H2,(H,14,16);1-2H3. The molecule has 0 amide bonds. The first kappa shape index (κ1) is 13.9. The third-order valence-corrected chi connectivity index (χ3v) is 2.31. The number of Topliss-reactive ketones (excluding diaryl/α,β-unsaturated/α-hetero) is 1. The summed E-state index contributed by atoms with van der Waals surface area (Å²) < 4.78 is 0. The topological polar surface area (TPSA) is 49.9 Å². The lowest BCUT2D eigenvalue weighted by Gasteiger charge is -2.00. The summed E-state index contributed by atoms with van der Waals surface area (Å²) in [6, 6.07) is 12.2. The second-order valence-electron chi connectivity index (χ2n) is 3.53. The summed E-state index contributed by atoms with van der Waals surface area (Å²) >= 11 is 0. The Morgan fingerprint density at radius 1 is 1.06 bits per heavy atom. The number of carbonyl (C=O) groups excluding carboxylic acids is 1. The monoisotopic (exact) mass is 243 g/mol. The lowest BCUT2D eigenvalue weighted by molar-refractivity contribution is 0.0993. The molecule has 0 fully saturated rings. The highest BCUT2D eigenvalue weighted by molar-refractivity contribution is 5.97. The van der Waals surface area contributed by atoms with Gasteiger partial charge >= 0.3 is 0 Å². The van der Waals surface area contributed by atoms with Gasteiger partial charge < -0.3 is 4.98 Å². The molecule has 0 saturated carbocycles. The number of H-pyrrole nitrogens is 1. The summed E-state index contributed by atoms with van der Waals surface area (Å²) in [4.78, 5) is 25.2. The predicted molar refractivity (Wildman–Crippen MR) is 72.9 cm³/mol. The number of rotatable bonds is 3. The summed E-state index contributed by atoms with van der Waals surface area (Å²) in [6.45, 7) is 4.00. The van der Waals surface area contributed by atoms with E-state index in [-0.39, 0.29) is 11.3 Å². The van der Waals surface area contributed by atoms with Crippen molar-refractivity contribution >= 4 is 5.78 Å². The fourth-order valence-corrected chi connectivity index (χ4v) is 1.46. The zero-order chi connectivity index (χ0) is 13.4. The van der Waals surface area contributed by atoms with Crippen molar-refractivity contribution < 1.29 is 4.79 Å². The molecule has 1 N–H and O–H groups in total. The predicted octanol–water partition coefficient (Wildman–Crippen LogP) is 2.83. The van der Waals surface area contributed by atoms with Gasteiger partial charge in [-0.25, -0.2) is 0 Å². The summed E-state index contributed by atoms with van der Waals surface area (Å²) in [7, 11) is 0. The highest BCUT2D eigenvalue weighted by Gasteiger charge is 2.05. The van der Waals surface area contributed by atoms with Gasteiger partial charge in [0.2, 0.25) is 5.56 Å². The molecule has 0 aliphatic rings. The average Bonchev–Trinajstić information content (AvgIpc) is 2.44. The number of aromatic nitrogens is 1. The smallest absolute Gasteiger partial charge is 0.247 e. The Bertz CT molecular complexity index is 523. The molecule has 0 unspecified atom stereocenters. The van der Waals surface area contributed by atoms with Crippen molar-refractivity contribution in [2.45, 2.75) is 20.3 Å². The molecule has 0 saturated heterocycles. The first-order valence-corrected chi connectivity index (χ1v) is 6.01. The molecule has 0 radical (unpaired) electrons. The molecular weight excluding hydrogens is 226 g/mol. The maximum absolute atomic E-state index is 11.8. The van der Waals surface area contributed by atoms with Crippen LogP contribution in [0.15, 0.2) is 53.5 Å². The minimum absolute atomic E-state index is 0.0487. The molecule has 2 aromatic rings. The van der Waals surface area contributed by atoms with Gasteiger partial charge in [-0.1, -0.05) is 50.2 Å². The minimum Gasteiger partial charge on any atom is -0.329 e. The molecule has 0 atom stereocenters. The van der Waals surface area contributed by atoms with Crippen molar-refractivity contribution in [2.24, 2.45) is 0 Å². The van der Waals surface area contributed by atoms with Crippen LogP contribution < -0.4 is 5.56 Å². The third kappa shape index (κ3) is 4.01. The van der Waals surface area contributed by atoms with Gasteiger partial charge in [0.1, 0.15) is 0 Å². The zero-order valence-electron chi connectivity index (χ0n) is 10.6. The van der Waals surface area contributed by atoms with E-state index in [1.807, 2.05) is 32.0 Å². The van der Waals surface area contributed by atoms with E-state index in [4.69, 9.17) is 0 Å². The SMILES string of the molecule is CC.O=C(Cc1ccc(=O)[nH]c1)c1ccccc1. The number of benzene rings is 1. The van der Waals surface area contributed by atoms with Crippen molar-refractivity contribution in [2.75, 3.05) is 0 Å². The van der Waals surface area contributed by atoms with E-state index in [0.29, 0.717) is 12.0 Å². The Morgan fingerprint density at radius 3 is 2.28 bits per heavy atom. The molecule has 1 aromatic heterocycles. The number of aromatic amines is 1. The van der Waals surface area contributed by atoms with Crippen LogP contribution in [0, 0.1) is 0 Å². The summed E-state index contributed by atoms with van der Waals surface area (Å²) in [5.74, 6) is 0.0487. The summed E-state index contributed by atoms with van der Waals surface area (Å²) in [5, 5.41) is 0. The van der Waals surface area contributed by atoms with Gasteiger partial charge in [-0.3, -0.25) is 9.59 Å². The molecule has 18 heavy (non-hydrogen) atoms. The third-order valence-electron chi connectivity index (χ3n) is 2.31.